The average Bonchev–Trinajstić information content (AvgIpc) is 2.68. The first-order valence-electron chi connectivity index (χ1n) is 3.73. The van der Waals surface area contributed by atoms with Crippen molar-refractivity contribution in [3.63, 3.8) is 0 Å². The summed E-state index contributed by atoms with van der Waals surface area (Å²) < 4.78 is 0. The molecule has 1 unspecified atom stereocenters. The van der Waals surface area contributed by atoms with Crippen molar-refractivity contribution in [2.75, 3.05) is 13.6 Å². The predicted molar refractivity (Wildman–Crippen MR) is 46.8 cm³/mol. The van der Waals surface area contributed by atoms with Crippen molar-refractivity contribution in [3.05, 3.63) is 34.9 Å². The molecule has 0 amide bonds. The van der Waals surface area contributed by atoms with E-state index in [0.717, 1.165) is 11.6 Å². The molecule has 1 aliphatic rings. The summed E-state index contributed by atoms with van der Waals surface area (Å²) in [6.07, 6.45) is 0. The van der Waals surface area contributed by atoms with Gasteiger partial charge in [-0.1, -0.05) is 29.8 Å². The first kappa shape index (κ1) is 7.14. The van der Waals surface area contributed by atoms with Crippen molar-refractivity contribution in [3.8, 4) is 0 Å². The van der Waals surface area contributed by atoms with Gasteiger partial charge in [0, 0.05) is 17.6 Å². The lowest BCUT2D eigenvalue weighted by Crippen LogP contribution is -1.88. The highest BCUT2D eigenvalue weighted by atomic mass is 35.5. The number of likely N-dealkylation sites (N-methyl/N-ethyl adjacent to an activating group) is 1. The summed E-state index contributed by atoms with van der Waals surface area (Å²) in [5.41, 5.74) is 1.26. The minimum atomic E-state index is 0.573. The molecule has 0 aromatic heterocycles. The summed E-state index contributed by atoms with van der Waals surface area (Å²) in [7, 11) is 2.11. The molecule has 0 N–H and O–H groups in total. The maximum Gasteiger partial charge on any atom is 0.0487 e. The Balaban J connectivity index is 2.31. The SMILES string of the molecule is CN1C[C@H]1c1ccccc1Cl. The fourth-order valence-electron chi connectivity index (χ4n) is 1.31. The molecule has 1 aromatic rings. The summed E-state index contributed by atoms with van der Waals surface area (Å²) >= 11 is 6.00. The topological polar surface area (TPSA) is 3.01 Å². The van der Waals surface area contributed by atoms with Gasteiger partial charge < -0.3 is 0 Å². The molecule has 1 aliphatic heterocycles. The predicted octanol–water partition coefficient (Wildman–Crippen LogP) is 2.33. The van der Waals surface area contributed by atoms with E-state index in [1.165, 1.54) is 5.56 Å². The van der Waals surface area contributed by atoms with Crippen LogP contribution in [-0.4, -0.2) is 18.5 Å². The van der Waals surface area contributed by atoms with E-state index in [2.05, 4.69) is 18.0 Å². The summed E-state index contributed by atoms with van der Waals surface area (Å²) in [5, 5.41) is 0.891. The van der Waals surface area contributed by atoms with E-state index in [9.17, 15) is 0 Å². The highest BCUT2D eigenvalue weighted by molar-refractivity contribution is 6.31. The highest BCUT2D eigenvalue weighted by Gasteiger charge is 2.32. The van der Waals surface area contributed by atoms with Crippen molar-refractivity contribution in [1.82, 2.24) is 4.90 Å². The van der Waals surface area contributed by atoms with Crippen LogP contribution in [0.15, 0.2) is 24.3 Å². The first-order chi connectivity index (χ1) is 5.29. The maximum atomic E-state index is 6.00. The van der Waals surface area contributed by atoms with Gasteiger partial charge in [0.2, 0.25) is 0 Å². The van der Waals surface area contributed by atoms with Gasteiger partial charge in [0.15, 0.2) is 0 Å². The van der Waals surface area contributed by atoms with Crippen molar-refractivity contribution in [1.29, 1.82) is 0 Å². The second-order valence-electron chi connectivity index (χ2n) is 2.98. The van der Waals surface area contributed by atoms with Crippen molar-refractivity contribution in [2.45, 2.75) is 6.04 Å². The van der Waals surface area contributed by atoms with E-state index in [4.69, 9.17) is 11.6 Å². The van der Waals surface area contributed by atoms with Crippen LogP contribution in [0.25, 0.3) is 0 Å². The van der Waals surface area contributed by atoms with E-state index >= 15 is 0 Å². The fourth-order valence-corrected chi connectivity index (χ4v) is 1.57. The molecular weight excluding hydrogens is 158 g/mol. The molecule has 58 valence electrons. The van der Waals surface area contributed by atoms with Crippen LogP contribution in [0.5, 0.6) is 0 Å². The number of benzene rings is 1. The quantitative estimate of drug-likeness (QED) is 0.581. The van der Waals surface area contributed by atoms with Gasteiger partial charge in [0.1, 0.15) is 0 Å². The van der Waals surface area contributed by atoms with E-state index in [-0.39, 0.29) is 0 Å². The van der Waals surface area contributed by atoms with Crippen LogP contribution in [-0.2, 0) is 0 Å². The van der Waals surface area contributed by atoms with Crippen LogP contribution in [0.1, 0.15) is 11.6 Å². The van der Waals surface area contributed by atoms with Crippen LogP contribution in [0.3, 0.4) is 0 Å². The fraction of sp³-hybridized carbons (Fsp3) is 0.333. The van der Waals surface area contributed by atoms with E-state index in [1.54, 1.807) is 0 Å². The molecule has 1 nitrogen and oxygen atoms in total. The molecular formula is C9H10ClN. The number of rotatable bonds is 1. The molecule has 2 heteroatoms. The first-order valence-corrected chi connectivity index (χ1v) is 4.11. The van der Waals surface area contributed by atoms with Gasteiger partial charge in [0.25, 0.3) is 0 Å². The molecule has 1 aromatic carbocycles. The highest BCUT2D eigenvalue weighted by Crippen LogP contribution is 2.36. The van der Waals surface area contributed by atoms with Gasteiger partial charge in [-0.05, 0) is 18.7 Å². The molecule has 0 bridgehead atoms. The minimum Gasteiger partial charge on any atom is -0.296 e. The molecule has 0 radical (unpaired) electrons. The lowest BCUT2D eigenvalue weighted by Gasteiger charge is -2.00. The Labute approximate surface area is 71.6 Å². The number of halogens is 1. The van der Waals surface area contributed by atoms with Gasteiger partial charge >= 0.3 is 0 Å². The Kier molecular flexibility index (Phi) is 1.63. The van der Waals surface area contributed by atoms with Crippen molar-refractivity contribution >= 4 is 11.6 Å². The normalized spacial score (nSPS) is 28.5. The largest absolute Gasteiger partial charge is 0.296 e. The van der Waals surface area contributed by atoms with Crippen LogP contribution in [0.4, 0.5) is 0 Å². The van der Waals surface area contributed by atoms with Gasteiger partial charge in [-0.25, -0.2) is 0 Å². The monoisotopic (exact) mass is 167 g/mol. The molecule has 1 fully saturated rings. The second kappa shape index (κ2) is 2.50. The molecule has 11 heavy (non-hydrogen) atoms. The van der Waals surface area contributed by atoms with Crippen LogP contribution >= 0.6 is 11.6 Å². The standard InChI is InChI=1S/C9H10ClN/c1-11-6-9(11)7-4-2-3-5-8(7)10/h2-5,9H,6H2,1H3/t9-,11?/m0/s1. The van der Waals surface area contributed by atoms with Gasteiger partial charge in [-0.2, -0.15) is 0 Å². The average molecular weight is 168 g/mol. The lowest BCUT2D eigenvalue weighted by molar-refractivity contribution is 0.631. The Hall–Kier alpha value is -0.530. The zero-order valence-corrected chi connectivity index (χ0v) is 7.17. The number of nitrogens with zero attached hydrogens (tertiary/aromatic N) is 1. The van der Waals surface area contributed by atoms with E-state index < -0.39 is 0 Å². The van der Waals surface area contributed by atoms with E-state index in [0.29, 0.717) is 6.04 Å². The molecule has 1 saturated heterocycles. The summed E-state index contributed by atoms with van der Waals surface area (Å²) in [6, 6.07) is 8.62. The molecule has 0 spiro atoms. The zero-order valence-electron chi connectivity index (χ0n) is 6.42. The van der Waals surface area contributed by atoms with Crippen molar-refractivity contribution in [2.24, 2.45) is 0 Å². The Bertz CT molecular complexity index is 272. The molecule has 2 atom stereocenters. The zero-order chi connectivity index (χ0) is 7.84. The summed E-state index contributed by atoms with van der Waals surface area (Å²) in [5.74, 6) is 0. The molecule has 2 rings (SSSR count). The van der Waals surface area contributed by atoms with Crippen LogP contribution < -0.4 is 0 Å². The van der Waals surface area contributed by atoms with Crippen LogP contribution in [0, 0.1) is 0 Å². The van der Waals surface area contributed by atoms with E-state index in [1.807, 2.05) is 18.2 Å². The third-order valence-corrected chi connectivity index (χ3v) is 2.47. The van der Waals surface area contributed by atoms with Gasteiger partial charge in [0.05, 0.1) is 0 Å². The third-order valence-electron chi connectivity index (χ3n) is 2.12. The molecule has 0 aliphatic carbocycles. The van der Waals surface area contributed by atoms with Gasteiger partial charge in [-0.15, -0.1) is 0 Å². The summed E-state index contributed by atoms with van der Waals surface area (Å²) in [6.45, 7) is 1.14. The van der Waals surface area contributed by atoms with Crippen LogP contribution in [0.2, 0.25) is 5.02 Å². The Morgan fingerprint density at radius 3 is 2.64 bits per heavy atom. The lowest BCUT2D eigenvalue weighted by atomic mass is 10.2. The molecule has 1 heterocycles. The number of hydrogen-bond acceptors (Lipinski definition) is 1. The smallest absolute Gasteiger partial charge is 0.0487 e. The Morgan fingerprint density at radius 2 is 2.09 bits per heavy atom. The third kappa shape index (κ3) is 1.26. The summed E-state index contributed by atoms with van der Waals surface area (Å²) in [4.78, 5) is 2.27. The van der Waals surface area contributed by atoms with Crippen molar-refractivity contribution < 1.29 is 0 Å². The van der Waals surface area contributed by atoms with Gasteiger partial charge in [-0.3, -0.25) is 4.90 Å². The Morgan fingerprint density at radius 1 is 1.45 bits per heavy atom. The number of hydrogen-bond donors (Lipinski definition) is 0. The second-order valence-corrected chi connectivity index (χ2v) is 3.38. The molecule has 0 saturated carbocycles. The maximum absolute atomic E-state index is 6.00. The minimum absolute atomic E-state index is 0.573.